The van der Waals surface area contributed by atoms with Crippen LogP contribution >= 0.6 is 34.8 Å². The summed E-state index contributed by atoms with van der Waals surface area (Å²) in [5.74, 6) is -2.63. The molecule has 0 saturated carbocycles. The van der Waals surface area contributed by atoms with Crippen LogP contribution in [0, 0.1) is 5.82 Å². The molecule has 0 radical (unpaired) electrons. The van der Waals surface area contributed by atoms with Crippen molar-refractivity contribution in [3.8, 4) is 0 Å². The Labute approximate surface area is 168 Å². The Morgan fingerprint density at radius 1 is 0.926 bits per heavy atom. The number of rotatable bonds is 6. The van der Waals surface area contributed by atoms with Gasteiger partial charge in [0.1, 0.15) is 5.82 Å². The average Bonchev–Trinajstić information content (AvgIpc) is 2.63. The van der Waals surface area contributed by atoms with Crippen molar-refractivity contribution in [1.82, 2.24) is 5.32 Å². The summed E-state index contributed by atoms with van der Waals surface area (Å²) in [6, 6.07) is 7.88. The smallest absolute Gasteiger partial charge is 0.341 e. The van der Waals surface area contributed by atoms with E-state index in [-0.39, 0.29) is 27.2 Å². The molecule has 2 rings (SSSR count). The zero-order valence-electron chi connectivity index (χ0n) is 13.5. The first kappa shape index (κ1) is 21.0. The Bertz CT molecular complexity index is 875. The maximum Gasteiger partial charge on any atom is 0.341 e. The van der Waals surface area contributed by atoms with E-state index in [9.17, 15) is 18.8 Å². The Morgan fingerprint density at radius 3 is 2.22 bits per heavy atom. The largest absolute Gasteiger partial charge is 0.452 e. The molecule has 0 aliphatic carbocycles. The highest BCUT2D eigenvalue weighted by Crippen LogP contribution is 2.31. The van der Waals surface area contributed by atoms with E-state index in [0.29, 0.717) is 5.69 Å². The van der Waals surface area contributed by atoms with Crippen LogP contribution in [-0.4, -0.2) is 30.9 Å². The molecular formula is C17H12Cl3FN2O4. The van der Waals surface area contributed by atoms with Crippen molar-refractivity contribution >= 4 is 58.3 Å². The third kappa shape index (κ3) is 6.09. The van der Waals surface area contributed by atoms with Crippen LogP contribution in [0.5, 0.6) is 0 Å². The van der Waals surface area contributed by atoms with Crippen molar-refractivity contribution < 1.29 is 23.5 Å². The van der Waals surface area contributed by atoms with E-state index in [1.165, 1.54) is 36.4 Å². The number of ether oxygens (including phenoxy) is 1. The maximum absolute atomic E-state index is 12.8. The Kier molecular flexibility index (Phi) is 7.41. The summed E-state index contributed by atoms with van der Waals surface area (Å²) in [6.45, 7) is -1.02. The highest BCUT2D eigenvalue weighted by Gasteiger charge is 2.19. The number of hydrogen-bond acceptors (Lipinski definition) is 4. The third-order valence-electron chi connectivity index (χ3n) is 3.16. The van der Waals surface area contributed by atoms with Gasteiger partial charge in [-0.05, 0) is 36.4 Å². The standard InChI is InChI=1S/C17H12Cl3FN2O4/c18-11-5-6-12(19)16(20)15(11)17(26)27-8-14(25)22-7-13(24)23-10-3-1-9(21)2-4-10/h1-6H,7-8H2,(H,22,25)(H,23,24). The van der Waals surface area contributed by atoms with Gasteiger partial charge in [-0.3, -0.25) is 9.59 Å². The molecule has 0 saturated heterocycles. The van der Waals surface area contributed by atoms with Gasteiger partial charge in [-0.25, -0.2) is 9.18 Å². The van der Waals surface area contributed by atoms with E-state index in [2.05, 4.69) is 10.6 Å². The summed E-state index contributed by atoms with van der Waals surface area (Å²) >= 11 is 17.6. The molecule has 0 unspecified atom stereocenters. The molecule has 2 aromatic carbocycles. The highest BCUT2D eigenvalue weighted by molar-refractivity contribution is 6.46. The first-order valence-electron chi connectivity index (χ1n) is 7.40. The molecule has 142 valence electrons. The van der Waals surface area contributed by atoms with Gasteiger partial charge < -0.3 is 15.4 Å². The number of halogens is 4. The molecule has 0 aliphatic rings. The lowest BCUT2D eigenvalue weighted by Crippen LogP contribution is -2.35. The van der Waals surface area contributed by atoms with Crippen LogP contribution in [0.25, 0.3) is 0 Å². The molecular weight excluding hydrogens is 422 g/mol. The SMILES string of the molecule is O=C(COC(=O)c1c(Cl)ccc(Cl)c1Cl)NCC(=O)Nc1ccc(F)cc1. The summed E-state index contributed by atoms with van der Waals surface area (Å²) in [5.41, 5.74) is 0.208. The quantitative estimate of drug-likeness (QED) is 0.537. The Hall–Kier alpha value is -2.35. The molecule has 0 spiro atoms. The third-order valence-corrected chi connectivity index (χ3v) is 4.28. The van der Waals surface area contributed by atoms with Crippen molar-refractivity contribution in [2.24, 2.45) is 0 Å². The number of amides is 2. The Balaban J connectivity index is 1.81. The van der Waals surface area contributed by atoms with Crippen molar-refractivity contribution in [1.29, 1.82) is 0 Å². The fourth-order valence-corrected chi connectivity index (χ4v) is 2.57. The van der Waals surface area contributed by atoms with Gasteiger partial charge in [0, 0.05) is 5.69 Å². The molecule has 6 nitrogen and oxygen atoms in total. The predicted octanol–water partition coefficient (Wildman–Crippen LogP) is 3.70. The first-order valence-corrected chi connectivity index (χ1v) is 8.54. The van der Waals surface area contributed by atoms with Crippen LogP contribution < -0.4 is 10.6 Å². The van der Waals surface area contributed by atoms with E-state index in [0.717, 1.165) is 0 Å². The van der Waals surface area contributed by atoms with Gasteiger partial charge in [-0.15, -0.1) is 0 Å². The van der Waals surface area contributed by atoms with Crippen molar-refractivity contribution in [2.75, 3.05) is 18.5 Å². The van der Waals surface area contributed by atoms with E-state index in [4.69, 9.17) is 39.5 Å². The number of anilines is 1. The fraction of sp³-hybridized carbons (Fsp3) is 0.118. The molecule has 0 aromatic heterocycles. The number of carbonyl (C=O) groups excluding carboxylic acids is 3. The summed E-state index contributed by atoms with van der Waals surface area (Å²) in [7, 11) is 0. The van der Waals surface area contributed by atoms with Crippen LogP contribution in [0.3, 0.4) is 0 Å². The predicted molar refractivity (Wildman–Crippen MR) is 99.8 cm³/mol. The second-order valence-corrected chi connectivity index (χ2v) is 6.32. The molecule has 2 amide bonds. The molecule has 2 aromatic rings. The zero-order chi connectivity index (χ0) is 20.0. The van der Waals surface area contributed by atoms with Gasteiger partial charge in [0.25, 0.3) is 5.91 Å². The maximum atomic E-state index is 12.8. The molecule has 0 aliphatic heterocycles. The van der Waals surface area contributed by atoms with E-state index in [1.54, 1.807) is 0 Å². The van der Waals surface area contributed by atoms with Gasteiger partial charge in [-0.1, -0.05) is 34.8 Å². The lowest BCUT2D eigenvalue weighted by molar-refractivity contribution is -0.126. The number of esters is 1. The number of nitrogens with one attached hydrogen (secondary N) is 2. The minimum Gasteiger partial charge on any atom is -0.452 e. The fourth-order valence-electron chi connectivity index (χ4n) is 1.89. The van der Waals surface area contributed by atoms with Crippen molar-refractivity contribution in [3.63, 3.8) is 0 Å². The zero-order valence-corrected chi connectivity index (χ0v) is 15.8. The van der Waals surface area contributed by atoms with Crippen LogP contribution in [0.4, 0.5) is 10.1 Å². The number of hydrogen-bond donors (Lipinski definition) is 2. The minimum atomic E-state index is -0.932. The molecule has 0 bridgehead atoms. The van der Waals surface area contributed by atoms with Crippen molar-refractivity contribution in [3.05, 3.63) is 62.8 Å². The number of benzene rings is 2. The average molecular weight is 434 g/mol. The highest BCUT2D eigenvalue weighted by atomic mass is 35.5. The molecule has 0 fully saturated rings. The van der Waals surface area contributed by atoms with E-state index in [1.807, 2.05) is 0 Å². The van der Waals surface area contributed by atoms with Gasteiger partial charge in [0.15, 0.2) is 6.61 Å². The topological polar surface area (TPSA) is 84.5 Å². The summed E-state index contributed by atoms with van der Waals surface area (Å²) < 4.78 is 17.6. The van der Waals surface area contributed by atoms with Gasteiger partial charge in [0.05, 0.1) is 27.2 Å². The molecule has 10 heteroatoms. The van der Waals surface area contributed by atoms with Gasteiger partial charge >= 0.3 is 5.97 Å². The second kappa shape index (κ2) is 9.55. The molecule has 27 heavy (non-hydrogen) atoms. The normalized spacial score (nSPS) is 10.2. The van der Waals surface area contributed by atoms with E-state index >= 15 is 0 Å². The van der Waals surface area contributed by atoms with Gasteiger partial charge in [0.2, 0.25) is 5.91 Å². The lowest BCUT2D eigenvalue weighted by atomic mass is 10.2. The van der Waals surface area contributed by atoms with E-state index < -0.39 is 30.2 Å². The summed E-state index contributed by atoms with van der Waals surface area (Å²) in [5, 5.41) is 4.76. The molecule has 2 N–H and O–H groups in total. The van der Waals surface area contributed by atoms with Crippen LogP contribution in [0.2, 0.25) is 15.1 Å². The summed E-state index contributed by atoms with van der Waals surface area (Å²) in [4.78, 5) is 35.4. The Morgan fingerprint density at radius 2 is 1.56 bits per heavy atom. The van der Waals surface area contributed by atoms with Crippen LogP contribution in [0.1, 0.15) is 10.4 Å². The molecule has 0 atom stereocenters. The molecule has 0 heterocycles. The van der Waals surface area contributed by atoms with Crippen LogP contribution in [-0.2, 0) is 14.3 Å². The van der Waals surface area contributed by atoms with Crippen LogP contribution in [0.15, 0.2) is 36.4 Å². The minimum absolute atomic E-state index is 0.0217. The lowest BCUT2D eigenvalue weighted by Gasteiger charge is -2.09. The second-order valence-electron chi connectivity index (χ2n) is 5.13. The van der Waals surface area contributed by atoms with Gasteiger partial charge in [-0.2, -0.15) is 0 Å². The first-order chi connectivity index (χ1) is 12.8. The number of carbonyl (C=O) groups is 3. The monoisotopic (exact) mass is 432 g/mol. The summed E-state index contributed by atoms with van der Waals surface area (Å²) in [6.07, 6.45) is 0. The van der Waals surface area contributed by atoms with Crippen molar-refractivity contribution in [2.45, 2.75) is 0 Å².